The van der Waals surface area contributed by atoms with Gasteiger partial charge in [-0.15, -0.1) is 0 Å². The van der Waals surface area contributed by atoms with Gasteiger partial charge in [0.1, 0.15) is 6.04 Å². The van der Waals surface area contributed by atoms with Crippen molar-refractivity contribution in [2.75, 3.05) is 38.2 Å². The van der Waals surface area contributed by atoms with Crippen molar-refractivity contribution in [1.82, 2.24) is 15.5 Å². The second-order valence-electron chi connectivity index (χ2n) is 12.3. The number of hydrogen-bond donors (Lipinski definition) is 3. The first kappa shape index (κ1) is 30.0. The third-order valence-electron chi connectivity index (χ3n) is 9.13. The molecule has 0 aliphatic carbocycles. The Morgan fingerprint density at radius 2 is 1.83 bits per heavy atom. The first-order chi connectivity index (χ1) is 20.3. The van der Waals surface area contributed by atoms with Gasteiger partial charge in [-0.2, -0.15) is 0 Å². The topological polar surface area (TPSA) is 99.8 Å². The monoisotopic (exact) mass is 572 g/mol. The zero-order chi connectivity index (χ0) is 29.5. The van der Waals surface area contributed by atoms with Gasteiger partial charge >= 0.3 is 0 Å². The molecule has 8 heteroatoms. The van der Waals surface area contributed by atoms with Gasteiger partial charge in [-0.25, -0.2) is 0 Å². The van der Waals surface area contributed by atoms with E-state index in [0.717, 1.165) is 35.2 Å². The van der Waals surface area contributed by atoms with E-state index < -0.39 is 11.5 Å². The molecule has 2 saturated heterocycles. The number of nitrogens with one attached hydrogen (secondary N) is 3. The molecular weight excluding hydrogens is 528 g/mol. The minimum absolute atomic E-state index is 0.0259. The van der Waals surface area contributed by atoms with Crippen LogP contribution in [0.15, 0.2) is 60.7 Å². The van der Waals surface area contributed by atoms with Gasteiger partial charge in [0, 0.05) is 44.5 Å². The summed E-state index contributed by atoms with van der Waals surface area (Å²) in [5.74, 6) is -0.0732. The number of nitrogens with zero attached hydrogens (tertiary/aromatic N) is 1. The van der Waals surface area contributed by atoms with E-state index in [-0.39, 0.29) is 29.7 Å². The minimum atomic E-state index is -0.662. The summed E-state index contributed by atoms with van der Waals surface area (Å²) in [7, 11) is 0. The third-order valence-corrected chi connectivity index (χ3v) is 9.13. The van der Waals surface area contributed by atoms with Crippen molar-refractivity contribution in [3.8, 4) is 0 Å². The number of amides is 3. The van der Waals surface area contributed by atoms with Gasteiger partial charge in [-0.1, -0.05) is 54.6 Å². The molecular formula is C34H44N4O4. The largest absolute Gasteiger partial charge is 0.381 e. The van der Waals surface area contributed by atoms with Crippen LogP contribution in [0.3, 0.4) is 0 Å². The summed E-state index contributed by atoms with van der Waals surface area (Å²) in [4.78, 5) is 42.7. The number of likely N-dealkylation sites (tertiary alicyclic amines) is 1. The lowest BCUT2D eigenvalue weighted by Gasteiger charge is -2.40. The van der Waals surface area contributed by atoms with E-state index in [9.17, 15) is 14.4 Å². The summed E-state index contributed by atoms with van der Waals surface area (Å²) >= 11 is 0. The van der Waals surface area contributed by atoms with Crippen LogP contribution in [-0.4, -0.2) is 67.6 Å². The average molecular weight is 573 g/mol. The van der Waals surface area contributed by atoms with Crippen LogP contribution in [0, 0.1) is 25.2 Å². The molecule has 2 aromatic rings. The second-order valence-corrected chi connectivity index (χ2v) is 12.3. The van der Waals surface area contributed by atoms with Gasteiger partial charge in [-0.3, -0.25) is 19.3 Å². The SMILES string of the molecule is Cc1ccc(C)c(NC(=O)CN2CC[C@H]3NC(=O)[C@H](Cc4ccccc4)NC(=O)C4(C/C=C/C[C@H]3C2)CCOCC4)c1. The van der Waals surface area contributed by atoms with Crippen LogP contribution >= 0.6 is 0 Å². The number of hydrogen-bond acceptors (Lipinski definition) is 5. The molecule has 0 unspecified atom stereocenters. The second kappa shape index (κ2) is 13.7. The Hall–Kier alpha value is -3.49. The molecule has 1 spiro atoms. The van der Waals surface area contributed by atoms with Crippen LogP contribution in [0.4, 0.5) is 5.69 Å². The first-order valence-corrected chi connectivity index (χ1v) is 15.3. The Balaban J connectivity index is 1.31. The van der Waals surface area contributed by atoms with E-state index in [4.69, 9.17) is 4.74 Å². The fourth-order valence-corrected chi connectivity index (χ4v) is 6.46. The summed E-state index contributed by atoms with van der Waals surface area (Å²) in [5, 5.41) is 9.54. The van der Waals surface area contributed by atoms with Crippen LogP contribution < -0.4 is 16.0 Å². The van der Waals surface area contributed by atoms with E-state index >= 15 is 0 Å². The number of allylic oxidation sites excluding steroid dienone is 2. The number of benzene rings is 2. The molecule has 0 aromatic heterocycles. The summed E-state index contributed by atoms with van der Waals surface area (Å²) in [6.07, 6.45) is 8.16. The highest BCUT2D eigenvalue weighted by molar-refractivity contribution is 5.93. The van der Waals surface area contributed by atoms with Crippen molar-refractivity contribution in [2.24, 2.45) is 11.3 Å². The maximum atomic E-state index is 13.8. The third kappa shape index (κ3) is 7.47. The zero-order valence-electron chi connectivity index (χ0n) is 24.9. The molecule has 3 amide bonds. The summed E-state index contributed by atoms with van der Waals surface area (Å²) in [6.45, 7) is 6.84. The molecule has 8 nitrogen and oxygen atoms in total. The highest BCUT2D eigenvalue weighted by atomic mass is 16.5. The molecule has 3 atom stereocenters. The quantitative estimate of drug-likeness (QED) is 0.472. The molecule has 42 heavy (non-hydrogen) atoms. The van der Waals surface area contributed by atoms with Gasteiger partial charge in [0.2, 0.25) is 17.7 Å². The molecule has 0 radical (unpaired) electrons. The molecule has 5 rings (SSSR count). The maximum absolute atomic E-state index is 13.8. The molecule has 0 bridgehead atoms. The average Bonchev–Trinajstić information content (AvgIpc) is 2.98. The van der Waals surface area contributed by atoms with Crippen LogP contribution in [-0.2, 0) is 25.5 Å². The normalized spacial score (nSPS) is 25.7. The molecule has 3 aliphatic heterocycles. The molecule has 3 N–H and O–H groups in total. The van der Waals surface area contributed by atoms with Crippen molar-refractivity contribution >= 4 is 23.4 Å². The number of carbonyl (C=O) groups is 3. The van der Waals surface area contributed by atoms with E-state index in [2.05, 4.69) is 33.0 Å². The van der Waals surface area contributed by atoms with Crippen molar-refractivity contribution in [1.29, 1.82) is 0 Å². The predicted octanol–water partition coefficient (Wildman–Crippen LogP) is 3.92. The fourth-order valence-electron chi connectivity index (χ4n) is 6.46. The lowest BCUT2D eigenvalue weighted by Crippen LogP contribution is -2.58. The number of anilines is 1. The number of piperidine rings is 1. The summed E-state index contributed by atoms with van der Waals surface area (Å²) in [5.41, 5.74) is 3.43. The number of rotatable bonds is 5. The Labute approximate surface area is 249 Å². The van der Waals surface area contributed by atoms with E-state index in [1.54, 1.807) is 0 Å². The van der Waals surface area contributed by atoms with E-state index in [0.29, 0.717) is 58.5 Å². The van der Waals surface area contributed by atoms with Crippen LogP contribution in [0.5, 0.6) is 0 Å². The number of aryl methyl sites for hydroxylation is 2. The van der Waals surface area contributed by atoms with E-state index in [1.165, 1.54) is 0 Å². The van der Waals surface area contributed by atoms with Gasteiger partial charge in [0.15, 0.2) is 0 Å². The zero-order valence-corrected chi connectivity index (χ0v) is 24.9. The molecule has 3 heterocycles. The van der Waals surface area contributed by atoms with Crippen LogP contribution in [0.1, 0.15) is 48.8 Å². The molecule has 2 fully saturated rings. The predicted molar refractivity (Wildman–Crippen MR) is 164 cm³/mol. The Bertz CT molecular complexity index is 1290. The van der Waals surface area contributed by atoms with Crippen LogP contribution in [0.25, 0.3) is 0 Å². The van der Waals surface area contributed by atoms with E-state index in [1.807, 2.05) is 62.4 Å². The summed E-state index contributed by atoms with van der Waals surface area (Å²) < 4.78 is 5.60. The van der Waals surface area contributed by atoms with Crippen molar-refractivity contribution < 1.29 is 19.1 Å². The Kier molecular flexibility index (Phi) is 9.75. The number of carbonyl (C=O) groups excluding carboxylic acids is 3. The van der Waals surface area contributed by atoms with Gasteiger partial charge in [0.05, 0.1) is 12.0 Å². The number of fused-ring (bicyclic) bond motifs is 1. The number of ether oxygens (including phenoxy) is 1. The smallest absolute Gasteiger partial charge is 0.243 e. The van der Waals surface area contributed by atoms with Crippen molar-refractivity contribution in [3.63, 3.8) is 0 Å². The molecule has 3 aliphatic rings. The van der Waals surface area contributed by atoms with Gasteiger partial charge < -0.3 is 20.7 Å². The Morgan fingerprint density at radius 1 is 1.05 bits per heavy atom. The van der Waals surface area contributed by atoms with Gasteiger partial charge in [0.25, 0.3) is 0 Å². The highest BCUT2D eigenvalue weighted by Crippen LogP contribution is 2.36. The van der Waals surface area contributed by atoms with Gasteiger partial charge in [-0.05, 0) is 74.6 Å². The van der Waals surface area contributed by atoms with Crippen molar-refractivity contribution in [2.45, 2.75) is 64.5 Å². The Morgan fingerprint density at radius 3 is 2.62 bits per heavy atom. The maximum Gasteiger partial charge on any atom is 0.243 e. The van der Waals surface area contributed by atoms with Crippen LogP contribution in [0.2, 0.25) is 0 Å². The first-order valence-electron chi connectivity index (χ1n) is 15.3. The standard InChI is InChI=1S/C34H44N4O4/c1-24-11-12-25(2)29(20-24)35-31(39)23-38-17-13-28-27(22-38)10-6-7-14-34(15-18-42-19-16-34)33(41)37-30(32(40)36-28)21-26-8-4-3-5-9-26/h3-9,11-12,20,27-28,30H,10,13-19,21-23H2,1-2H3,(H,35,39)(H,36,40)(H,37,41)/b7-6+/t27-,28+,30-/m0/s1. The molecule has 224 valence electrons. The molecule has 2 aromatic carbocycles. The lowest BCUT2D eigenvalue weighted by molar-refractivity contribution is -0.140. The fraction of sp³-hybridized carbons (Fsp3) is 0.500. The highest BCUT2D eigenvalue weighted by Gasteiger charge is 2.41. The summed E-state index contributed by atoms with van der Waals surface area (Å²) in [6, 6.07) is 15.2. The van der Waals surface area contributed by atoms with Crippen molar-refractivity contribution in [3.05, 3.63) is 77.4 Å². The minimum Gasteiger partial charge on any atom is -0.381 e. The molecule has 0 saturated carbocycles. The lowest BCUT2D eigenvalue weighted by atomic mass is 9.75.